The van der Waals surface area contributed by atoms with Crippen molar-refractivity contribution in [1.29, 1.82) is 0 Å². The predicted octanol–water partition coefficient (Wildman–Crippen LogP) is 2.50. The highest BCUT2D eigenvalue weighted by molar-refractivity contribution is 8.01. The molecule has 8 nitrogen and oxygen atoms in total. The van der Waals surface area contributed by atoms with Crippen LogP contribution in [0.2, 0.25) is 0 Å². The molecule has 0 aliphatic heterocycles. The van der Waals surface area contributed by atoms with E-state index in [9.17, 15) is 9.59 Å². The maximum absolute atomic E-state index is 12.2. The van der Waals surface area contributed by atoms with Gasteiger partial charge in [0.15, 0.2) is 4.34 Å². The molecule has 0 unspecified atom stereocenters. The second kappa shape index (κ2) is 10.7. The number of rotatable bonds is 10. The number of anilines is 2. The van der Waals surface area contributed by atoms with Crippen LogP contribution in [0.4, 0.5) is 10.8 Å². The van der Waals surface area contributed by atoms with Gasteiger partial charge in [-0.25, -0.2) is 4.79 Å². The largest absolute Gasteiger partial charge is 0.462 e. The van der Waals surface area contributed by atoms with Crippen LogP contribution in [0.5, 0.6) is 0 Å². The Bertz CT molecular complexity index is 739. The van der Waals surface area contributed by atoms with Crippen molar-refractivity contribution in [1.82, 2.24) is 10.2 Å². The van der Waals surface area contributed by atoms with E-state index in [1.54, 1.807) is 38.3 Å². The number of nitrogens with zero attached hydrogens (tertiary/aromatic N) is 2. The molecule has 0 fully saturated rings. The van der Waals surface area contributed by atoms with Crippen LogP contribution in [0.1, 0.15) is 17.3 Å². The molecular weight excluding hydrogens is 376 g/mol. The molecule has 1 heterocycles. The summed E-state index contributed by atoms with van der Waals surface area (Å²) >= 11 is 2.64. The SMILES string of the molecule is CCOC(=O)c1ccccc1NC(=O)CSc1nnc(NCCOC)s1. The molecule has 0 atom stereocenters. The molecular formula is C16H20N4O4S2. The quantitative estimate of drug-likeness (QED) is 0.359. The second-order valence-electron chi connectivity index (χ2n) is 4.90. The Morgan fingerprint density at radius 2 is 2.08 bits per heavy atom. The second-order valence-corrected chi connectivity index (χ2v) is 7.10. The average molecular weight is 396 g/mol. The van der Waals surface area contributed by atoms with Crippen LogP contribution in [0.3, 0.4) is 0 Å². The van der Waals surface area contributed by atoms with Gasteiger partial charge in [0.2, 0.25) is 11.0 Å². The lowest BCUT2D eigenvalue weighted by atomic mass is 10.2. The first-order chi connectivity index (χ1) is 12.6. The Kier molecular flexibility index (Phi) is 8.32. The van der Waals surface area contributed by atoms with Gasteiger partial charge in [0.05, 0.1) is 30.2 Å². The number of nitrogens with one attached hydrogen (secondary N) is 2. The van der Waals surface area contributed by atoms with E-state index < -0.39 is 5.97 Å². The summed E-state index contributed by atoms with van der Waals surface area (Å²) in [5.74, 6) is -0.549. The Hall–Kier alpha value is -2.17. The molecule has 0 aliphatic rings. The fourth-order valence-electron chi connectivity index (χ4n) is 1.89. The maximum Gasteiger partial charge on any atom is 0.340 e. The van der Waals surface area contributed by atoms with E-state index in [0.29, 0.717) is 33.9 Å². The summed E-state index contributed by atoms with van der Waals surface area (Å²) in [7, 11) is 1.63. The van der Waals surface area contributed by atoms with Gasteiger partial charge in [0.25, 0.3) is 0 Å². The minimum absolute atomic E-state index is 0.157. The van der Waals surface area contributed by atoms with Gasteiger partial charge >= 0.3 is 5.97 Å². The first-order valence-corrected chi connectivity index (χ1v) is 9.69. The van der Waals surface area contributed by atoms with Crippen molar-refractivity contribution in [2.45, 2.75) is 11.3 Å². The number of esters is 1. The van der Waals surface area contributed by atoms with Crippen molar-refractivity contribution in [3.63, 3.8) is 0 Å². The van der Waals surface area contributed by atoms with Crippen LogP contribution >= 0.6 is 23.1 Å². The van der Waals surface area contributed by atoms with Crippen LogP contribution in [0, 0.1) is 0 Å². The average Bonchev–Trinajstić information content (AvgIpc) is 3.09. The number of ether oxygens (including phenoxy) is 2. The molecule has 26 heavy (non-hydrogen) atoms. The summed E-state index contributed by atoms with van der Waals surface area (Å²) in [6, 6.07) is 6.74. The lowest BCUT2D eigenvalue weighted by molar-refractivity contribution is -0.113. The fourth-order valence-corrected chi connectivity index (χ4v) is 3.47. The highest BCUT2D eigenvalue weighted by atomic mass is 32.2. The van der Waals surface area contributed by atoms with Crippen LogP contribution in [0.15, 0.2) is 28.6 Å². The van der Waals surface area contributed by atoms with Crippen molar-refractivity contribution < 1.29 is 19.1 Å². The summed E-state index contributed by atoms with van der Waals surface area (Å²) in [4.78, 5) is 24.1. The lowest BCUT2D eigenvalue weighted by Gasteiger charge is -2.09. The van der Waals surface area contributed by atoms with Gasteiger partial charge in [-0.05, 0) is 19.1 Å². The van der Waals surface area contributed by atoms with E-state index in [2.05, 4.69) is 20.8 Å². The highest BCUT2D eigenvalue weighted by Gasteiger charge is 2.14. The van der Waals surface area contributed by atoms with Gasteiger partial charge in [-0.3, -0.25) is 4.79 Å². The lowest BCUT2D eigenvalue weighted by Crippen LogP contribution is -2.17. The maximum atomic E-state index is 12.2. The smallest absolute Gasteiger partial charge is 0.340 e. The monoisotopic (exact) mass is 396 g/mol. The number of benzene rings is 1. The zero-order valence-electron chi connectivity index (χ0n) is 14.5. The molecule has 0 radical (unpaired) electrons. The van der Waals surface area contributed by atoms with Crippen molar-refractivity contribution in [2.75, 3.05) is 43.3 Å². The molecule has 10 heteroatoms. The minimum Gasteiger partial charge on any atom is -0.462 e. The summed E-state index contributed by atoms with van der Waals surface area (Å²) in [6.45, 7) is 3.22. The molecule has 1 aromatic heterocycles. The van der Waals surface area contributed by atoms with Gasteiger partial charge < -0.3 is 20.1 Å². The van der Waals surface area contributed by atoms with Crippen molar-refractivity contribution in [2.24, 2.45) is 0 Å². The van der Waals surface area contributed by atoms with Crippen molar-refractivity contribution in [3.8, 4) is 0 Å². The van der Waals surface area contributed by atoms with E-state index >= 15 is 0 Å². The number of carbonyl (C=O) groups is 2. The normalized spacial score (nSPS) is 10.4. The highest BCUT2D eigenvalue weighted by Crippen LogP contribution is 2.25. The van der Waals surface area contributed by atoms with Gasteiger partial charge in [-0.15, -0.1) is 10.2 Å². The third kappa shape index (κ3) is 6.28. The van der Waals surface area contributed by atoms with Crippen LogP contribution in [-0.4, -0.2) is 54.7 Å². The first kappa shape index (κ1) is 20.1. The van der Waals surface area contributed by atoms with E-state index in [0.717, 1.165) is 0 Å². The zero-order chi connectivity index (χ0) is 18.8. The molecule has 2 aromatic rings. The first-order valence-electron chi connectivity index (χ1n) is 7.89. The van der Waals surface area contributed by atoms with Crippen molar-refractivity contribution >= 4 is 45.8 Å². The van der Waals surface area contributed by atoms with Crippen molar-refractivity contribution in [3.05, 3.63) is 29.8 Å². The molecule has 2 rings (SSSR count). The molecule has 0 bridgehead atoms. The number of aromatic nitrogens is 2. The third-order valence-corrected chi connectivity index (χ3v) is 5.03. The van der Waals surface area contributed by atoms with E-state index in [1.165, 1.54) is 23.1 Å². The zero-order valence-corrected chi connectivity index (χ0v) is 16.1. The fraction of sp³-hybridized carbons (Fsp3) is 0.375. The van der Waals surface area contributed by atoms with Gasteiger partial charge in [-0.2, -0.15) is 0 Å². The van der Waals surface area contributed by atoms with Crippen LogP contribution in [-0.2, 0) is 14.3 Å². The molecule has 0 aliphatic carbocycles. The third-order valence-electron chi connectivity index (χ3n) is 3.01. The summed E-state index contributed by atoms with van der Waals surface area (Å²) in [5, 5.41) is 14.5. The topological polar surface area (TPSA) is 102 Å². The number of amides is 1. The molecule has 1 amide bonds. The van der Waals surface area contributed by atoms with Gasteiger partial charge in [0, 0.05) is 13.7 Å². The summed E-state index contributed by atoms with van der Waals surface area (Å²) in [5.41, 5.74) is 0.754. The summed E-state index contributed by atoms with van der Waals surface area (Å²) < 4.78 is 10.6. The Balaban J connectivity index is 1.87. The molecule has 1 aromatic carbocycles. The number of hydrogen-bond acceptors (Lipinski definition) is 9. The standard InChI is InChI=1S/C16H20N4O4S2/c1-3-24-14(22)11-6-4-5-7-12(11)18-13(21)10-25-16-20-19-15(26-16)17-8-9-23-2/h4-7H,3,8-10H2,1-2H3,(H,17,19)(H,18,21). The molecule has 0 saturated heterocycles. The molecule has 0 saturated carbocycles. The molecule has 0 spiro atoms. The summed E-state index contributed by atoms with van der Waals surface area (Å²) in [6.07, 6.45) is 0. The van der Waals surface area contributed by atoms with Gasteiger partial charge in [0.1, 0.15) is 0 Å². The van der Waals surface area contributed by atoms with Crippen LogP contribution in [0.25, 0.3) is 0 Å². The van der Waals surface area contributed by atoms with Gasteiger partial charge in [-0.1, -0.05) is 35.2 Å². The van der Waals surface area contributed by atoms with E-state index in [-0.39, 0.29) is 18.3 Å². The number of thioether (sulfide) groups is 1. The molecule has 140 valence electrons. The van der Waals surface area contributed by atoms with E-state index in [4.69, 9.17) is 9.47 Å². The Morgan fingerprint density at radius 1 is 1.27 bits per heavy atom. The minimum atomic E-state index is -0.466. The van der Waals surface area contributed by atoms with Crippen LogP contribution < -0.4 is 10.6 Å². The Morgan fingerprint density at radius 3 is 2.85 bits per heavy atom. The molecule has 2 N–H and O–H groups in total. The van der Waals surface area contributed by atoms with E-state index in [1.807, 2.05) is 0 Å². The number of hydrogen-bond donors (Lipinski definition) is 2. The Labute approximate surface area is 159 Å². The number of para-hydroxylation sites is 1. The predicted molar refractivity (Wildman–Crippen MR) is 102 cm³/mol. The number of carbonyl (C=O) groups excluding carboxylic acids is 2. The number of methoxy groups -OCH3 is 1.